The number of hydrogen-bond donors (Lipinski definition) is 1. The van der Waals surface area contributed by atoms with Crippen LogP contribution in [-0.2, 0) is 0 Å². The van der Waals surface area contributed by atoms with E-state index in [9.17, 15) is 14.9 Å². The average molecular weight is 267 g/mol. The summed E-state index contributed by atoms with van der Waals surface area (Å²) >= 11 is 5.87. The molecule has 0 bridgehead atoms. The van der Waals surface area contributed by atoms with Crippen LogP contribution in [0.2, 0.25) is 5.02 Å². The minimum absolute atomic E-state index is 0.145. The Morgan fingerprint density at radius 3 is 2.61 bits per heavy atom. The number of benzene rings is 1. The number of anilines is 1. The number of carbonyl (C=O) groups is 1. The van der Waals surface area contributed by atoms with Gasteiger partial charge in [0.25, 0.3) is 0 Å². The zero-order valence-electron chi connectivity index (χ0n) is 8.92. The highest BCUT2D eigenvalue weighted by Gasteiger charge is 2.20. The van der Waals surface area contributed by atoms with Crippen molar-refractivity contribution in [1.29, 1.82) is 0 Å². The van der Waals surface area contributed by atoms with Gasteiger partial charge in [-0.15, -0.1) is 0 Å². The molecule has 0 aliphatic heterocycles. The molecule has 1 aromatic heterocycles. The minimum Gasteiger partial charge on any atom is -0.399 e. The molecular weight excluding hydrogens is 260 g/mol. The van der Waals surface area contributed by atoms with E-state index in [1.165, 1.54) is 24.3 Å². The van der Waals surface area contributed by atoms with E-state index in [1.54, 1.807) is 0 Å². The molecule has 0 spiro atoms. The van der Waals surface area contributed by atoms with Gasteiger partial charge in [-0.25, -0.2) is 0 Å². The normalized spacial score (nSPS) is 10.3. The van der Waals surface area contributed by atoms with E-state index in [4.69, 9.17) is 21.8 Å². The Morgan fingerprint density at radius 2 is 2.06 bits per heavy atom. The van der Waals surface area contributed by atoms with Gasteiger partial charge in [-0.05, 0) is 24.3 Å². The largest absolute Gasteiger partial charge is 0.433 e. The topological polar surface area (TPSA) is 99.4 Å². The summed E-state index contributed by atoms with van der Waals surface area (Å²) in [5.74, 6) is -1.17. The molecule has 0 fully saturated rings. The number of nitrogens with zero attached hydrogens (tertiary/aromatic N) is 1. The van der Waals surface area contributed by atoms with Gasteiger partial charge in [0.1, 0.15) is 4.92 Å². The first-order valence-electron chi connectivity index (χ1n) is 4.83. The van der Waals surface area contributed by atoms with E-state index in [2.05, 4.69) is 0 Å². The Hall–Kier alpha value is -2.34. The highest BCUT2D eigenvalue weighted by molar-refractivity contribution is 6.35. The van der Waals surface area contributed by atoms with Crippen molar-refractivity contribution < 1.29 is 14.1 Å². The van der Waals surface area contributed by atoms with Gasteiger partial charge in [-0.2, -0.15) is 0 Å². The van der Waals surface area contributed by atoms with Crippen molar-refractivity contribution in [3.05, 3.63) is 56.8 Å². The van der Waals surface area contributed by atoms with Crippen LogP contribution in [0.1, 0.15) is 16.1 Å². The smallest absolute Gasteiger partial charge is 0.399 e. The molecule has 18 heavy (non-hydrogen) atoms. The molecule has 0 saturated heterocycles. The zero-order valence-corrected chi connectivity index (χ0v) is 9.68. The van der Waals surface area contributed by atoms with Gasteiger partial charge in [0.15, 0.2) is 5.76 Å². The summed E-state index contributed by atoms with van der Waals surface area (Å²) in [6.45, 7) is 0. The molecule has 2 rings (SSSR count). The maximum atomic E-state index is 12.0. The fourth-order valence-corrected chi connectivity index (χ4v) is 1.67. The lowest BCUT2D eigenvalue weighted by Gasteiger charge is -2.01. The Balaban J connectivity index is 2.38. The van der Waals surface area contributed by atoms with Crippen LogP contribution >= 0.6 is 11.6 Å². The van der Waals surface area contributed by atoms with Crippen LogP contribution < -0.4 is 5.73 Å². The first kappa shape index (κ1) is 12.1. The van der Waals surface area contributed by atoms with Crippen molar-refractivity contribution in [3.63, 3.8) is 0 Å². The summed E-state index contributed by atoms with van der Waals surface area (Å²) in [7, 11) is 0. The number of carbonyl (C=O) groups excluding carboxylic acids is 1. The van der Waals surface area contributed by atoms with Crippen LogP contribution in [0.5, 0.6) is 0 Å². The standard InChI is InChI=1S/C11H7ClN2O4/c12-8-5-6(13)1-2-7(8)11(15)9-3-4-10(18-9)14(16)17/h1-5H,13H2. The van der Waals surface area contributed by atoms with Crippen molar-refractivity contribution in [2.75, 3.05) is 5.73 Å². The second-order valence-electron chi connectivity index (χ2n) is 3.46. The molecule has 2 N–H and O–H groups in total. The van der Waals surface area contributed by atoms with Crippen LogP contribution in [0, 0.1) is 10.1 Å². The summed E-state index contributed by atoms with van der Waals surface area (Å²) in [6.07, 6.45) is 0. The molecule has 0 amide bonds. The molecular formula is C11H7ClN2O4. The summed E-state index contributed by atoms with van der Waals surface area (Å²) < 4.78 is 4.81. The Kier molecular flexibility index (Phi) is 3.03. The van der Waals surface area contributed by atoms with Gasteiger partial charge in [0.05, 0.1) is 11.1 Å². The van der Waals surface area contributed by atoms with Gasteiger partial charge in [-0.1, -0.05) is 11.6 Å². The van der Waals surface area contributed by atoms with E-state index in [0.29, 0.717) is 5.69 Å². The van der Waals surface area contributed by atoms with E-state index in [0.717, 1.165) is 6.07 Å². The predicted molar refractivity (Wildman–Crippen MR) is 64.7 cm³/mol. The molecule has 2 aromatic rings. The quantitative estimate of drug-likeness (QED) is 0.398. The van der Waals surface area contributed by atoms with Crippen molar-refractivity contribution >= 4 is 29.0 Å². The van der Waals surface area contributed by atoms with Gasteiger partial charge in [0.2, 0.25) is 5.78 Å². The fourth-order valence-electron chi connectivity index (χ4n) is 1.40. The van der Waals surface area contributed by atoms with Crippen molar-refractivity contribution in [2.24, 2.45) is 0 Å². The number of furan rings is 1. The number of nitrogen functional groups attached to an aromatic ring is 1. The summed E-state index contributed by atoms with van der Waals surface area (Å²) in [5, 5.41) is 10.6. The highest BCUT2D eigenvalue weighted by Crippen LogP contribution is 2.24. The lowest BCUT2D eigenvalue weighted by Crippen LogP contribution is -2.01. The van der Waals surface area contributed by atoms with Crippen LogP contribution in [0.3, 0.4) is 0 Å². The van der Waals surface area contributed by atoms with Gasteiger partial charge in [-0.3, -0.25) is 14.9 Å². The molecule has 1 aromatic carbocycles. The Bertz CT molecular complexity index is 636. The number of ketones is 1. The summed E-state index contributed by atoms with van der Waals surface area (Å²) in [6, 6.07) is 6.71. The van der Waals surface area contributed by atoms with Gasteiger partial charge in [0, 0.05) is 11.3 Å². The number of nitrogens with two attached hydrogens (primary N) is 1. The molecule has 0 atom stereocenters. The van der Waals surface area contributed by atoms with E-state index < -0.39 is 16.6 Å². The summed E-state index contributed by atoms with van der Waals surface area (Å²) in [4.78, 5) is 21.7. The Morgan fingerprint density at radius 1 is 1.33 bits per heavy atom. The fraction of sp³-hybridized carbons (Fsp3) is 0. The SMILES string of the molecule is Nc1ccc(C(=O)c2ccc([N+](=O)[O-])o2)c(Cl)c1. The molecule has 0 radical (unpaired) electrons. The lowest BCUT2D eigenvalue weighted by molar-refractivity contribution is -0.402. The number of hydrogen-bond acceptors (Lipinski definition) is 5. The van der Waals surface area contributed by atoms with E-state index in [-0.39, 0.29) is 16.3 Å². The van der Waals surface area contributed by atoms with Crippen LogP contribution in [0.15, 0.2) is 34.7 Å². The molecule has 7 heteroatoms. The van der Waals surface area contributed by atoms with Crippen molar-refractivity contribution in [1.82, 2.24) is 0 Å². The second kappa shape index (κ2) is 4.50. The molecule has 0 aliphatic rings. The Labute approximate surface area is 106 Å². The number of nitro groups is 1. The second-order valence-corrected chi connectivity index (χ2v) is 3.87. The minimum atomic E-state index is -0.721. The van der Waals surface area contributed by atoms with E-state index in [1.807, 2.05) is 0 Å². The monoisotopic (exact) mass is 266 g/mol. The average Bonchev–Trinajstić information content (AvgIpc) is 2.77. The third-order valence-corrected chi connectivity index (χ3v) is 2.55. The first-order chi connectivity index (χ1) is 8.49. The maximum Gasteiger partial charge on any atom is 0.433 e. The molecule has 0 aliphatic carbocycles. The summed E-state index contributed by atoms with van der Waals surface area (Å²) in [5.41, 5.74) is 6.10. The maximum absolute atomic E-state index is 12.0. The first-order valence-corrected chi connectivity index (χ1v) is 5.21. The molecule has 92 valence electrons. The molecule has 0 saturated carbocycles. The number of halogens is 1. The van der Waals surface area contributed by atoms with Crippen molar-refractivity contribution in [3.8, 4) is 0 Å². The van der Waals surface area contributed by atoms with Gasteiger partial charge < -0.3 is 10.2 Å². The third-order valence-electron chi connectivity index (χ3n) is 2.23. The van der Waals surface area contributed by atoms with Crippen molar-refractivity contribution in [2.45, 2.75) is 0 Å². The molecule has 1 heterocycles. The third kappa shape index (κ3) is 2.18. The molecule has 0 unspecified atom stereocenters. The highest BCUT2D eigenvalue weighted by atomic mass is 35.5. The molecule has 6 nitrogen and oxygen atoms in total. The van der Waals surface area contributed by atoms with Crippen LogP contribution in [0.4, 0.5) is 11.6 Å². The lowest BCUT2D eigenvalue weighted by atomic mass is 10.1. The van der Waals surface area contributed by atoms with Crippen LogP contribution in [0.25, 0.3) is 0 Å². The van der Waals surface area contributed by atoms with Crippen LogP contribution in [-0.4, -0.2) is 10.7 Å². The predicted octanol–water partition coefficient (Wildman–Crippen LogP) is 2.65. The van der Waals surface area contributed by atoms with E-state index >= 15 is 0 Å². The number of rotatable bonds is 3. The zero-order chi connectivity index (χ0) is 13.3. The van der Waals surface area contributed by atoms with Gasteiger partial charge >= 0.3 is 5.88 Å².